The molecule has 27 heavy (non-hydrogen) atoms. The van der Waals surface area contributed by atoms with Gasteiger partial charge in [0, 0.05) is 17.8 Å². The van der Waals surface area contributed by atoms with E-state index in [4.69, 9.17) is 16.7 Å². The molecular formula is C17H12ClN3O5S. The second kappa shape index (κ2) is 8.11. The Morgan fingerprint density at radius 1 is 1.26 bits per heavy atom. The lowest BCUT2D eigenvalue weighted by Crippen LogP contribution is -2.35. The van der Waals surface area contributed by atoms with Crippen LogP contribution in [0.3, 0.4) is 0 Å². The van der Waals surface area contributed by atoms with Gasteiger partial charge in [0.15, 0.2) is 5.95 Å². The van der Waals surface area contributed by atoms with E-state index in [1.165, 1.54) is 22.9 Å². The molecule has 1 heterocycles. The monoisotopic (exact) mass is 405 g/mol. The number of carboxylic acids is 1. The largest absolute Gasteiger partial charge is 0.538 e. The number of halogens is 1. The molecule has 0 saturated heterocycles. The predicted molar refractivity (Wildman–Crippen MR) is 95.2 cm³/mol. The number of nitrogens with zero attached hydrogens (tertiary/aromatic N) is 2. The van der Waals surface area contributed by atoms with Crippen molar-refractivity contribution in [1.29, 1.82) is 0 Å². The predicted octanol–water partition coefficient (Wildman–Crippen LogP) is 2.11. The molecule has 10 heteroatoms. The summed E-state index contributed by atoms with van der Waals surface area (Å²) in [5.41, 5.74) is 0.783. The Bertz CT molecular complexity index is 993. The van der Waals surface area contributed by atoms with Gasteiger partial charge in [0.05, 0.1) is 21.6 Å². The molecule has 8 nitrogen and oxygen atoms in total. The van der Waals surface area contributed by atoms with E-state index >= 15 is 0 Å². The second-order valence-electron chi connectivity index (χ2n) is 5.25. The molecule has 0 saturated carbocycles. The van der Waals surface area contributed by atoms with Crippen molar-refractivity contribution in [2.45, 2.75) is 5.03 Å². The van der Waals surface area contributed by atoms with Crippen molar-refractivity contribution in [3.8, 4) is 11.6 Å². The van der Waals surface area contributed by atoms with Gasteiger partial charge in [-0.05, 0) is 34.6 Å². The van der Waals surface area contributed by atoms with E-state index in [-0.39, 0.29) is 27.1 Å². The number of thioether (sulfide) groups is 1. The first-order valence-electron chi connectivity index (χ1n) is 7.55. The summed E-state index contributed by atoms with van der Waals surface area (Å²) in [6, 6.07) is 13.0. The van der Waals surface area contributed by atoms with Crippen LogP contribution in [0, 0.1) is 0 Å². The van der Waals surface area contributed by atoms with Crippen LogP contribution >= 0.6 is 23.4 Å². The first kappa shape index (κ1) is 18.7. The molecule has 0 radical (unpaired) electrons. The number of aromatic carboxylic acids is 1. The molecule has 3 aromatic rings. The molecule has 3 rings (SSSR count). The number of rotatable bonds is 6. The van der Waals surface area contributed by atoms with Crippen molar-refractivity contribution in [2.75, 3.05) is 11.1 Å². The highest BCUT2D eigenvalue weighted by Gasteiger charge is 2.22. The van der Waals surface area contributed by atoms with Crippen LogP contribution in [-0.2, 0) is 4.79 Å². The van der Waals surface area contributed by atoms with Gasteiger partial charge in [0.1, 0.15) is 0 Å². The first-order valence-corrected chi connectivity index (χ1v) is 8.92. The summed E-state index contributed by atoms with van der Waals surface area (Å²) < 4.78 is 5.99. The van der Waals surface area contributed by atoms with Gasteiger partial charge in [-0.15, -0.1) is 0 Å². The number of carbonyl (C=O) groups is 2. The highest BCUT2D eigenvalue weighted by Crippen LogP contribution is 2.24. The number of amides is 1. The van der Waals surface area contributed by atoms with Crippen molar-refractivity contribution in [3.63, 3.8) is 0 Å². The maximum atomic E-state index is 12.2. The van der Waals surface area contributed by atoms with E-state index in [2.05, 4.69) is 15.1 Å². The van der Waals surface area contributed by atoms with Gasteiger partial charge < -0.3 is 20.1 Å². The second-order valence-corrected chi connectivity index (χ2v) is 6.62. The van der Waals surface area contributed by atoms with Crippen molar-refractivity contribution in [3.05, 3.63) is 59.1 Å². The fraction of sp³-hybridized carbons (Fsp3) is 0.0588. The van der Waals surface area contributed by atoms with E-state index < -0.39 is 17.8 Å². The minimum Gasteiger partial charge on any atom is -0.538 e. The molecule has 1 aromatic heterocycles. The molecular weight excluding hydrogens is 394 g/mol. The number of carbonyl (C=O) groups excluding carboxylic acids is 1. The minimum atomic E-state index is -1.20. The maximum absolute atomic E-state index is 12.2. The Balaban J connectivity index is 1.70. The molecule has 0 aliphatic carbocycles. The first-order chi connectivity index (χ1) is 13.0. The molecule has 138 valence electrons. The maximum Gasteiger partial charge on any atom is 0.337 e. The fourth-order valence-corrected chi connectivity index (χ4v) is 3.15. The number of benzene rings is 2. The van der Waals surface area contributed by atoms with Gasteiger partial charge in [-0.2, -0.15) is 0 Å². The Kier molecular flexibility index (Phi) is 5.63. The number of nitrogens with one attached hydrogen (secondary N) is 1. The number of para-hydroxylation sites is 1. The summed E-state index contributed by atoms with van der Waals surface area (Å²) in [6.45, 7) is 0. The van der Waals surface area contributed by atoms with Gasteiger partial charge in [0.25, 0.3) is 5.03 Å². The molecule has 0 spiro atoms. The summed E-state index contributed by atoms with van der Waals surface area (Å²) in [4.78, 5) is 23.3. The Morgan fingerprint density at radius 2 is 2.00 bits per heavy atom. The van der Waals surface area contributed by atoms with Crippen LogP contribution in [0.5, 0.6) is 5.95 Å². The molecule has 2 aromatic carbocycles. The van der Waals surface area contributed by atoms with Crippen LogP contribution in [0.15, 0.2) is 58.1 Å². The summed E-state index contributed by atoms with van der Waals surface area (Å²) in [6.07, 6.45) is 0. The third-order valence-electron chi connectivity index (χ3n) is 3.39. The van der Waals surface area contributed by atoms with E-state index in [1.54, 1.807) is 24.3 Å². The highest BCUT2D eigenvalue weighted by atomic mass is 35.5. The normalized spacial score (nSPS) is 10.6. The quantitative estimate of drug-likeness (QED) is 0.476. The van der Waals surface area contributed by atoms with Gasteiger partial charge in [-0.1, -0.05) is 29.8 Å². The number of carboxylic acid groups (broad SMARTS) is 1. The van der Waals surface area contributed by atoms with Gasteiger partial charge >= 0.3 is 5.97 Å². The minimum absolute atomic E-state index is 0.0687. The smallest absolute Gasteiger partial charge is 0.337 e. The van der Waals surface area contributed by atoms with Crippen molar-refractivity contribution < 1.29 is 29.0 Å². The standard InChI is InChI=1S/C17H12ClN3O5S/c18-13-7-6-10(8-12(13)16(23)24)19-14(22)9-27-15-17(25)26-20-21(15)11-4-2-1-3-5-11/h1-8H,9H2,(H2-,19,20,22,23,24,25). The number of aromatic nitrogens is 2. The zero-order valence-electron chi connectivity index (χ0n) is 13.6. The molecule has 0 unspecified atom stereocenters. The van der Waals surface area contributed by atoms with Crippen LogP contribution < -0.4 is 15.1 Å². The molecule has 2 N–H and O–H groups in total. The molecule has 0 atom stereocenters. The Morgan fingerprint density at radius 3 is 2.70 bits per heavy atom. The van der Waals surface area contributed by atoms with Crippen molar-refractivity contribution >= 4 is 40.9 Å². The average Bonchev–Trinajstić information content (AvgIpc) is 3.02. The molecule has 1 amide bonds. The zero-order valence-corrected chi connectivity index (χ0v) is 15.2. The number of hydrogen-bond donors (Lipinski definition) is 2. The molecule has 0 bridgehead atoms. The number of anilines is 1. The lowest BCUT2D eigenvalue weighted by molar-refractivity contribution is -0.705. The van der Waals surface area contributed by atoms with Crippen LogP contribution in [0.4, 0.5) is 5.69 Å². The van der Waals surface area contributed by atoms with Crippen LogP contribution in [0.1, 0.15) is 10.4 Å². The van der Waals surface area contributed by atoms with Crippen molar-refractivity contribution in [2.24, 2.45) is 0 Å². The van der Waals surface area contributed by atoms with Crippen LogP contribution in [0.2, 0.25) is 5.02 Å². The lowest BCUT2D eigenvalue weighted by Gasteiger charge is -2.06. The third-order valence-corrected chi connectivity index (χ3v) is 4.74. The third kappa shape index (κ3) is 4.39. The van der Waals surface area contributed by atoms with Gasteiger partial charge in [-0.3, -0.25) is 4.79 Å². The SMILES string of the molecule is O=C(CSc1c([O-])on[n+]1-c1ccccc1)Nc1ccc(Cl)c(C(=O)O)c1. The molecule has 0 aliphatic heterocycles. The van der Waals surface area contributed by atoms with Crippen molar-refractivity contribution in [1.82, 2.24) is 5.27 Å². The average molecular weight is 406 g/mol. The molecule has 0 fully saturated rings. The van der Waals surface area contributed by atoms with E-state index in [0.29, 0.717) is 5.69 Å². The molecule has 0 aliphatic rings. The zero-order chi connectivity index (χ0) is 19.4. The van der Waals surface area contributed by atoms with Crippen LogP contribution in [-0.4, -0.2) is 28.0 Å². The van der Waals surface area contributed by atoms with E-state index in [0.717, 1.165) is 11.8 Å². The Hall–Kier alpha value is -3.04. The summed E-state index contributed by atoms with van der Waals surface area (Å²) in [7, 11) is 0. The van der Waals surface area contributed by atoms with Gasteiger partial charge in [0.2, 0.25) is 11.6 Å². The Labute approximate surface area is 162 Å². The van der Waals surface area contributed by atoms with E-state index in [1.807, 2.05) is 6.07 Å². The van der Waals surface area contributed by atoms with E-state index in [9.17, 15) is 14.7 Å². The number of hydrogen-bond acceptors (Lipinski definition) is 6. The topological polar surface area (TPSA) is 119 Å². The summed E-state index contributed by atoms with van der Waals surface area (Å²) >= 11 is 6.75. The summed E-state index contributed by atoms with van der Waals surface area (Å²) in [5.74, 6) is -2.39. The van der Waals surface area contributed by atoms with Crippen LogP contribution in [0.25, 0.3) is 5.69 Å². The fourth-order valence-electron chi connectivity index (χ4n) is 2.19. The highest BCUT2D eigenvalue weighted by molar-refractivity contribution is 7.99. The van der Waals surface area contributed by atoms with Gasteiger partial charge in [-0.25, -0.2) is 4.79 Å². The summed E-state index contributed by atoms with van der Waals surface area (Å²) in [5, 5.41) is 27.4. The lowest BCUT2D eigenvalue weighted by atomic mass is 10.2.